The average Bonchev–Trinajstić information content (AvgIpc) is 2.55. The van der Waals surface area contributed by atoms with Crippen molar-refractivity contribution in [3.63, 3.8) is 0 Å². The molecule has 1 aliphatic heterocycles. The van der Waals surface area contributed by atoms with Crippen LogP contribution in [0.15, 0.2) is 40.9 Å². The lowest BCUT2D eigenvalue weighted by molar-refractivity contribution is 0.0395. The van der Waals surface area contributed by atoms with Crippen LogP contribution < -0.4 is 5.32 Å². The summed E-state index contributed by atoms with van der Waals surface area (Å²) in [6.07, 6.45) is 2.41. The predicted octanol–water partition coefficient (Wildman–Crippen LogP) is 4.68. The highest BCUT2D eigenvalue weighted by atomic mass is 79.9. The van der Waals surface area contributed by atoms with Gasteiger partial charge in [0.05, 0.1) is 6.61 Å². The van der Waals surface area contributed by atoms with Gasteiger partial charge in [0, 0.05) is 23.0 Å². The van der Waals surface area contributed by atoms with Crippen LogP contribution in [0.2, 0.25) is 0 Å². The summed E-state index contributed by atoms with van der Waals surface area (Å²) in [5.41, 5.74) is 1.39. The van der Waals surface area contributed by atoms with Crippen molar-refractivity contribution in [2.75, 3.05) is 19.8 Å². The fourth-order valence-corrected chi connectivity index (χ4v) is 3.81. The Kier molecular flexibility index (Phi) is 4.94. The zero-order valence-corrected chi connectivity index (χ0v) is 14.0. The van der Waals surface area contributed by atoms with Gasteiger partial charge >= 0.3 is 0 Å². The number of rotatable bonds is 4. The molecule has 1 aliphatic rings. The second kappa shape index (κ2) is 6.91. The maximum absolute atomic E-state index is 5.72. The topological polar surface area (TPSA) is 21.3 Å². The molecule has 0 bridgehead atoms. The molecule has 3 rings (SSSR count). The van der Waals surface area contributed by atoms with Gasteiger partial charge in [-0.2, -0.15) is 0 Å². The largest absolute Gasteiger partial charge is 0.381 e. The number of hydrogen-bond donors (Lipinski definition) is 1. The van der Waals surface area contributed by atoms with Gasteiger partial charge in [-0.3, -0.25) is 0 Å². The van der Waals surface area contributed by atoms with Crippen LogP contribution in [-0.2, 0) is 4.74 Å². The van der Waals surface area contributed by atoms with Gasteiger partial charge in [0.1, 0.15) is 0 Å². The third-order valence-electron chi connectivity index (χ3n) is 4.33. The van der Waals surface area contributed by atoms with Gasteiger partial charge in [0.25, 0.3) is 0 Å². The third-order valence-corrected chi connectivity index (χ3v) is 5.02. The molecular weight excluding hydrogens is 326 g/mol. The van der Waals surface area contributed by atoms with E-state index in [9.17, 15) is 0 Å². The van der Waals surface area contributed by atoms with Crippen molar-refractivity contribution in [3.05, 3.63) is 46.4 Å². The van der Waals surface area contributed by atoms with E-state index in [0.717, 1.165) is 24.2 Å². The first kappa shape index (κ1) is 15.0. The van der Waals surface area contributed by atoms with E-state index < -0.39 is 0 Å². The Bertz CT molecular complexity index is 607. The molecule has 2 nitrogen and oxygen atoms in total. The van der Waals surface area contributed by atoms with Crippen molar-refractivity contribution in [2.24, 2.45) is 5.92 Å². The first-order valence-electron chi connectivity index (χ1n) is 7.79. The molecule has 2 aromatic rings. The van der Waals surface area contributed by atoms with Crippen molar-refractivity contribution < 1.29 is 4.74 Å². The molecule has 1 heterocycles. The SMILES string of the molecule is CCNC(c1ccc(Br)c2ccccc12)C1CCCOC1. The number of fused-ring (bicyclic) bond motifs is 1. The van der Waals surface area contributed by atoms with E-state index in [1.165, 1.54) is 29.2 Å². The maximum atomic E-state index is 5.72. The molecule has 2 aromatic carbocycles. The highest BCUT2D eigenvalue weighted by molar-refractivity contribution is 9.10. The van der Waals surface area contributed by atoms with Crippen LogP contribution >= 0.6 is 15.9 Å². The molecule has 2 atom stereocenters. The second-order valence-electron chi connectivity index (χ2n) is 5.69. The first-order chi connectivity index (χ1) is 10.3. The average molecular weight is 348 g/mol. The Morgan fingerprint density at radius 3 is 2.76 bits per heavy atom. The van der Waals surface area contributed by atoms with Gasteiger partial charge in [-0.1, -0.05) is 53.2 Å². The lowest BCUT2D eigenvalue weighted by Gasteiger charge is -2.32. The molecule has 1 saturated heterocycles. The number of benzene rings is 2. The van der Waals surface area contributed by atoms with Crippen LogP contribution in [0.3, 0.4) is 0 Å². The molecule has 0 spiro atoms. The minimum absolute atomic E-state index is 0.369. The second-order valence-corrected chi connectivity index (χ2v) is 6.55. The number of halogens is 1. The Morgan fingerprint density at radius 2 is 2.05 bits per heavy atom. The summed E-state index contributed by atoms with van der Waals surface area (Å²) in [6.45, 7) is 4.93. The van der Waals surface area contributed by atoms with E-state index >= 15 is 0 Å². The standard InChI is InChI=1S/C18H22BrNO/c1-2-20-18(13-6-5-11-21-12-13)16-9-10-17(19)15-8-4-3-7-14(15)16/h3-4,7-10,13,18,20H,2,5-6,11-12H2,1H3. The summed E-state index contributed by atoms with van der Waals surface area (Å²) < 4.78 is 6.88. The van der Waals surface area contributed by atoms with Crippen molar-refractivity contribution >= 4 is 26.7 Å². The Hall–Kier alpha value is -0.900. The molecule has 3 heteroatoms. The van der Waals surface area contributed by atoms with Crippen LogP contribution in [0.5, 0.6) is 0 Å². The van der Waals surface area contributed by atoms with Crippen molar-refractivity contribution in [3.8, 4) is 0 Å². The molecule has 0 radical (unpaired) electrons. The highest BCUT2D eigenvalue weighted by Gasteiger charge is 2.26. The van der Waals surface area contributed by atoms with Crippen molar-refractivity contribution in [1.29, 1.82) is 0 Å². The summed E-state index contributed by atoms with van der Waals surface area (Å²) in [5, 5.41) is 6.31. The molecule has 0 saturated carbocycles. The Balaban J connectivity index is 2.04. The van der Waals surface area contributed by atoms with Gasteiger partial charge in [-0.15, -0.1) is 0 Å². The van der Waals surface area contributed by atoms with Crippen LogP contribution in [0, 0.1) is 5.92 Å². The van der Waals surface area contributed by atoms with Gasteiger partial charge < -0.3 is 10.1 Å². The summed E-state index contributed by atoms with van der Waals surface area (Å²) >= 11 is 3.67. The molecule has 0 aromatic heterocycles. The minimum atomic E-state index is 0.369. The Labute approximate surface area is 135 Å². The molecule has 0 amide bonds. The maximum Gasteiger partial charge on any atom is 0.0512 e. The quantitative estimate of drug-likeness (QED) is 0.866. The van der Waals surface area contributed by atoms with E-state index in [4.69, 9.17) is 4.74 Å². The fraction of sp³-hybridized carbons (Fsp3) is 0.444. The van der Waals surface area contributed by atoms with E-state index in [2.05, 4.69) is 64.6 Å². The molecule has 112 valence electrons. The van der Waals surface area contributed by atoms with E-state index in [-0.39, 0.29) is 0 Å². The van der Waals surface area contributed by atoms with Gasteiger partial charge in [0.15, 0.2) is 0 Å². The summed E-state index contributed by atoms with van der Waals surface area (Å²) in [4.78, 5) is 0. The molecule has 1 N–H and O–H groups in total. The van der Waals surface area contributed by atoms with E-state index in [1.54, 1.807) is 0 Å². The van der Waals surface area contributed by atoms with Gasteiger partial charge in [0.2, 0.25) is 0 Å². The van der Waals surface area contributed by atoms with Crippen LogP contribution in [-0.4, -0.2) is 19.8 Å². The monoisotopic (exact) mass is 347 g/mol. The van der Waals surface area contributed by atoms with Crippen LogP contribution in [0.25, 0.3) is 10.8 Å². The third kappa shape index (κ3) is 3.15. The van der Waals surface area contributed by atoms with Gasteiger partial charge in [-0.25, -0.2) is 0 Å². The van der Waals surface area contributed by atoms with Gasteiger partial charge in [-0.05, 0) is 41.8 Å². The molecule has 2 unspecified atom stereocenters. The zero-order chi connectivity index (χ0) is 14.7. The Morgan fingerprint density at radius 1 is 1.24 bits per heavy atom. The minimum Gasteiger partial charge on any atom is -0.381 e. The number of nitrogens with one attached hydrogen (secondary N) is 1. The van der Waals surface area contributed by atoms with Crippen LogP contribution in [0.1, 0.15) is 31.4 Å². The van der Waals surface area contributed by atoms with Crippen molar-refractivity contribution in [1.82, 2.24) is 5.32 Å². The smallest absolute Gasteiger partial charge is 0.0512 e. The molecule has 1 fully saturated rings. The predicted molar refractivity (Wildman–Crippen MR) is 91.6 cm³/mol. The van der Waals surface area contributed by atoms with Crippen LogP contribution in [0.4, 0.5) is 0 Å². The summed E-state index contributed by atoms with van der Waals surface area (Å²) in [5.74, 6) is 0.559. The van der Waals surface area contributed by atoms with E-state index in [1.807, 2.05) is 0 Å². The fourth-order valence-electron chi connectivity index (χ4n) is 3.34. The van der Waals surface area contributed by atoms with Crippen molar-refractivity contribution in [2.45, 2.75) is 25.8 Å². The zero-order valence-electron chi connectivity index (χ0n) is 12.4. The molecule has 21 heavy (non-hydrogen) atoms. The lowest BCUT2D eigenvalue weighted by atomic mass is 9.86. The normalized spacial score (nSPS) is 20.6. The molecular formula is C18H22BrNO. The summed E-state index contributed by atoms with van der Waals surface area (Å²) in [6, 6.07) is 13.4. The number of hydrogen-bond acceptors (Lipinski definition) is 2. The summed E-state index contributed by atoms with van der Waals surface area (Å²) in [7, 11) is 0. The highest BCUT2D eigenvalue weighted by Crippen LogP contribution is 2.35. The first-order valence-corrected chi connectivity index (χ1v) is 8.59. The number of ether oxygens (including phenoxy) is 1. The van der Waals surface area contributed by atoms with E-state index in [0.29, 0.717) is 12.0 Å². The lowest BCUT2D eigenvalue weighted by Crippen LogP contribution is -2.33. The molecule has 0 aliphatic carbocycles.